The first-order valence-corrected chi connectivity index (χ1v) is 15.8. The van der Waals surface area contributed by atoms with Crippen molar-refractivity contribution in [3.63, 3.8) is 0 Å². The van der Waals surface area contributed by atoms with E-state index >= 15 is 0 Å². The van der Waals surface area contributed by atoms with Crippen LogP contribution in [0.15, 0.2) is 77.7 Å². The topological polar surface area (TPSA) is 122 Å². The summed E-state index contributed by atoms with van der Waals surface area (Å²) in [6.45, 7) is 7.25. The van der Waals surface area contributed by atoms with Crippen LogP contribution in [0.5, 0.6) is 11.5 Å². The van der Waals surface area contributed by atoms with E-state index < -0.39 is 45.9 Å². The van der Waals surface area contributed by atoms with Crippen molar-refractivity contribution >= 4 is 21.9 Å². The number of benzene rings is 3. The van der Waals surface area contributed by atoms with E-state index in [4.69, 9.17) is 9.47 Å². The number of carboxylic acid groups (broad SMARTS) is 1. The third kappa shape index (κ3) is 7.94. The fraction of sp³-hybridized carbons (Fsp3) is 0.394. The molecule has 43 heavy (non-hydrogen) atoms. The Morgan fingerprint density at radius 1 is 0.884 bits per heavy atom. The van der Waals surface area contributed by atoms with Gasteiger partial charge in [-0.05, 0) is 54.7 Å². The summed E-state index contributed by atoms with van der Waals surface area (Å²) < 4.78 is 40.0. The van der Waals surface area contributed by atoms with Crippen LogP contribution in [-0.4, -0.2) is 62.1 Å². The molecule has 0 aromatic heterocycles. The molecule has 3 aromatic carbocycles. The number of carboxylic acids is 1. The highest BCUT2D eigenvalue weighted by Gasteiger charge is 2.41. The molecule has 0 fully saturated rings. The number of nitrogens with one attached hydrogen (secondary N) is 1. The zero-order chi connectivity index (χ0) is 31.7. The molecule has 3 atom stereocenters. The normalized spacial score (nSPS) is 13.8. The van der Waals surface area contributed by atoms with Crippen LogP contribution >= 0.6 is 0 Å². The van der Waals surface area contributed by atoms with Gasteiger partial charge in [0.2, 0.25) is 15.9 Å². The van der Waals surface area contributed by atoms with Gasteiger partial charge in [0.05, 0.1) is 24.7 Å². The summed E-state index contributed by atoms with van der Waals surface area (Å²) in [7, 11) is -0.913. The van der Waals surface area contributed by atoms with Gasteiger partial charge in [-0.1, -0.05) is 75.7 Å². The van der Waals surface area contributed by atoms with Crippen LogP contribution in [0, 0.1) is 5.92 Å². The lowest BCUT2D eigenvalue weighted by atomic mass is 9.98. The Morgan fingerprint density at radius 2 is 1.47 bits per heavy atom. The molecule has 0 saturated carbocycles. The zero-order valence-corrected chi connectivity index (χ0v) is 26.4. The van der Waals surface area contributed by atoms with E-state index in [9.17, 15) is 23.1 Å². The van der Waals surface area contributed by atoms with Gasteiger partial charge in [0.15, 0.2) is 0 Å². The molecule has 0 saturated heterocycles. The van der Waals surface area contributed by atoms with Gasteiger partial charge in [-0.25, -0.2) is 13.2 Å². The van der Waals surface area contributed by atoms with E-state index in [0.29, 0.717) is 29.9 Å². The number of rotatable bonds is 15. The first kappa shape index (κ1) is 33.6. The summed E-state index contributed by atoms with van der Waals surface area (Å²) >= 11 is 0. The number of hydrogen-bond acceptors (Lipinski definition) is 6. The second-order valence-corrected chi connectivity index (χ2v) is 12.7. The molecule has 0 aliphatic carbocycles. The average Bonchev–Trinajstić information content (AvgIpc) is 2.99. The molecule has 3 rings (SSSR count). The molecule has 0 bridgehead atoms. The lowest BCUT2D eigenvalue weighted by Crippen LogP contribution is -2.58. The maximum Gasteiger partial charge on any atom is 0.326 e. The van der Waals surface area contributed by atoms with Crippen LogP contribution in [0.1, 0.15) is 46.1 Å². The highest BCUT2D eigenvalue weighted by molar-refractivity contribution is 7.89. The van der Waals surface area contributed by atoms with Crippen molar-refractivity contribution in [2.45, 2.75) is 70.0 Å². The number of aliphatic carboxylic acids is 1. The van der Waals surface area contributed by atoms with Gasteiger partial charge in [-0.15, -0.1) is 0 Å². The molecule has 1 amide bonds. The Balaban J connectivity index is 1.90. The Morgan fingerprint density at radius 3 is 1.95 bits per heavy atom. The number of nitrogens with zero attached hydrogens (tertiary/aromatic N) is 1. The number of carbonyl (C=O) groups is 2. The third-order valence-corrected chi connectivity index (χ3v) is 9.37. The van der Waals surface area contributed by atoms with Crippen LogP contribution in [0.4, 0.5) is 0 Å². The van der Waals surface area contributed by atoms with Crippen LogP contribution in [0.3, 0.4) is 0 Å². The van der Waals surface area contributed by atoms with Gasteiger partial charge in [-0.3, -0.25) is 4.79 Å². The Labute approximate surface area is 254 Å². The lowest BCUT2D eigenvalue weighted by molar-refractivity contribution is -0.142. The smallest absolute Gasteiger partial charge is 0.326 e. The summed E-state index contributed by atoms with van der Waals surface area (Å²) in [6.07, 6.45) is 1.25. The van der Waals surface area contributed by atoms with Crippen molar-refractivity contribution < 1.29 is 32.6 Å². The average molecular weight is 611 g/mol. The van der Waals surface area contributed by atoms with Gasteiger partial charge >= 0.3 is 5.97 Å². The largest absolute Gasteiger partial charge is 0.496 e. The maximum absolute atomic E-state index is 13.9. The SMILES string of the molecule is CCCC(C)N(C(C(=O)N[C@@H](Cc1ccc(-c2c(OC)cccc2OC)cc1)C(=O)O)C(C)C)S(=O)(=O)c1ccccc1. The predicted octanol–water partition coefficient (Wildman–Crippen LogP) is 5.39. The molecule has 0 heterocycles. The van der Waals surface area contributed by atoms with Crippen molar-refractivity contribution in [3.05, 3.63) is 78.4 Å². The van der Waals surface area contributed by atoms with Crippen molar-refractivity contribution in [1.82, 2.24) is 9.62 Å². The number of carbonyl (C=O) groups excluding carboxylic acids is 1. The standard InChI is InChI=1S/C33H42N2O7S/c1-7-12-23(4)35(43(39,40)26-13-9-8-10-14-26)31(22(2)3)32(36)34-27(33(37)38)21-24-17-19-25(20-18-24)30-28(41-5)15-11-16-29(30)42-6/h8-11,13-20,22-23,27,31H,7,12,21H2,1-6H3,(H,34,36)(H,37,38)/t23?,27-,31?/m0/s1. The Bertz CT molecular complexity index is 1450. The summed E-state index contributed by atoms with van der Waals surface area (Å²) in [5, 5.41) is 12.7. The Kier molecular flexibility index (Phi) is 11.7. The predicted molar refractivity (Wildman–Crippen MR) is 167 cm³/mol. The molecule has 2 N–H and O–H groups in total. The van der Waals surface area contributed by atoms with Crippen LogP contribution in [0.2, 0.25) is 0 Å². The number of amides is 1. The van der Waals surface area contributed by atoms with Gasteiger partial charge in [0.1, 0.15) is 23.6 Å². The minimum Gasteiger partial charge on any atom is -0.496 e. The molecule has 10 heteroatoms. The first-order valence-electron chi connectivity index (χ1n) is 14.4. The number of hydrogen-bond donors (Lipinski definition) is 2. The van der Waals surface area contributed by atoms with Crippen molar-refractivity contribution in [2.75, 3.05) is 14.2 Å². The molecular weight excluding hydrogens is 568 g/mol. The van der Waals surface area contributed by atoms with Crippen LogP contribution < -0.4 is 14.8 Å². The van der Waals surface area contributed by atoms with Gasteiger partial charge in [-0.2, -0.15) is 4.31 Å². The maximum atomic E-state index is 13.9. The minimum atomic E-state index is -4.06. The molecule has 0 aliphatic heterocycles. The molecule has 2 unspecified atom stereocenters. The second kappa shape index (κ2) is 15.0. The van der Waals surface area contributed by atoms with E-state index in [1.807, 2.05) is 37.3 Å². The number of methoxy groups -OCH3 is 2. The van der Waals surface area contributed by atoms with Gasteiger partial charge < -0.3 is 19.9 Å². The zero-order valence-electron chi connectivity index (χ0n) is 25.6. The van der Waals surface area contributed by atoms with E-state index in [-0.39, 0.29) is 11.3 Å². The quantitative estimate of drug-likeness (QED) is 0.237. The molecule has 3 aromatic rings. The fourth-order valence-corrected chi connectivity index (χ4v) is 7.23. The molecule has 9 nitrogen and oxygen atoms in total. The van der Waals surface area contributed by atoms with E-state index in [2.05, 4.69) is 5.32 Å². The summed E-state index contributed by atoms with van der Waals surface area (Å²) in [5.41, 5.74) is 2.27. The van der Waals surface area contributed by atoms with E-state index in [1.54, 1.807) is 65.3 Å². The summed E-state index contributed by atoms with van der Waals surface area (Å²) in [6, 6.07) is 17.9. The first-order chi connectivity index (χ1) is 20.5. The highest BCUT2D eigenvalue weighted by atomic mass is 32.2. The summed E-state index contributed by atoms with van der Waals surface area (Å²) in [4.78, 5) is 26.2. The molecular formula is C33H42N2O7S. The molecule has 0 aliphatic rings. The monoisotopic (exact) mass is 610 g/mol. The molecule has 232 valence electrons. The number of sulfonamides is 1. The van der Waals surface area contributed by atoms with Gasteiger partial charge in [0, 0.05) is 12.5 Å². The molecule has 0 spiro atoms. The molecule has 0 radical (unpaired) electrons. The second-order valence-electron chi connectivity index (χ2n) is 10.8. The van der Waals surface area contributed by atoms with Crippen LogP contribution in [-0.2, 0) is 26.0 Å². The van der Waals surface area contributed by atoms with Crippen molar-refractivity contribution in [2.24, 2.45) is 5.92 Å². The van der Waals surface area contributed by atoms with E-state index in [0.717, 1.165) is 11.1 Å². The van der Waals surface area contributed by atoms with Crippen molar-refractivity contribution in [3.8, 4) is 22.6 Å². The minimum absolute atomic E-state index is 0.00514. The van der Waals surface area contributed by atoms with E-state index in [1.165, 1.54) is 16.4 Å². The summed E-state index contributed by atoms with van der Waals surface area (Å²) in [5.74, 6) is -1.03. The Hall–Kier alpha value is -3.89. The van der Waals surface area contributed by atoms with Crippen molar-refractivity contribution in [1.29, 1.82) is 0 Å². The lowest BCUT2D eigenvalue weighted by Gasteiger charge is -2.37. The van der Waals surface area contributed by atoms with Crippen LogP contribution in [0.25, 0.3) is 11.1 Å². The fourth-order valence-electron chi connectivity index (χ4n) is 5.27. The third-order valence-electron chi connectivity index (χ3n) is 7.36. The van der Waals surface area contributed by atoms with Gasteiger partial charge in [0.25, 0.3) is 0 Å². The highest BCUT2D eigenvalue weighted by Crippen LogP contribution is 2.38. The number of ether oxygens (including phenoxy) is 2.